The molecule has 144 valence electrons. The number of hydrogen-bond donors (Lipinski definition) is 1. The molecule has 1 fully saturated rings. The Bertz CT molecular complexity index is 1050. The van der Waals surface area contributed by atoms with Gasteiger partial charge in [0.1, 0.15) is 16.4 Å². The Kier molecular flexibility index (Phi) is 4.58. The van der Waals surface area contributed by atoms with E-state index in [9.17, 15) is 22.4 Å². The van der Waals surface area contributed by atoms with E-state index in [1.807, 2.05) is 0 Å². The predicted molar refractivity (Wildman–Crippen MR) is 94.5 cm³/mol. The first kappa shape index (κ1) is 18.5. The number of rotatable bonds is 4. The lowest BCUT2D eigenvalue weighted by Crippen LogP contribution is -2.14. The van der Waals surface area contributed by atoms with E-state index < -0.39 is 23.6 Å². The van der Waals surface area contributed by atoms with Crippen molar-refractivity contribution in [2.75, 3.05) is 5.32 Å². The van der Waals surface area contributed by atoms with Crippen LogP contribution in [0.25, 0.3) is 11.3 Å². The molecule has 10 heteroatoms. The smallest absolute Gasteiger partial charge is 0.321 e. The van der Waals surface area contributed by atoms with Gasteiger partial charge in [0.25, 0.3) is 5.91 Å². The van der Waals surface area contributed by atoms with Crippen molar-refractivity contribution in [2.24, 2.45) is 0 Å². The highest BCUT2D eigenvalue weighted by atomic mass is 32.1. The van der Waals surface area contributed by atoms with Gasteiger partial charge in [0.05, 0.1) is 11.3 Å². The van der Waals surface area contributed by atoms with Crippen LogP contribution in [0.2, 0.25) is 0 Å². The number of anilines is 1. The molecule has 0 saturated heterocycles. The fourth-order valence-corrected chi connectivity index (χ4v) is 3.68. The molecular formula is C18H12F4N4OS. The SMILES string of the molecule is O=C(Nc1ccnc(C(F)(F)F)c1)c1snc(-c2cnccc2F)c1C1CC1. The normalized spacial score (nSPS) is 14.1. The third-order valence-corrected chi connectivity index (χ3v) is 5.11. The molecule has 3 aromatic heterocycles. The largest absolute Gasteiger partial charge is 0.433 e. The summed E-state index contributed by atoms with van der Waals surface area (Å²) in [7, 11) is 0. The lowest BCUT2D eigenvalue weighted by molar-refractivity contribution is -0.141. The van der Waals surface area contributed by atoms with Crippen LogP contribution in [0, 0.1) is 5.82 Å². The molecule has 0 bridgehead atoms. The first-order valence-electron chi connectivity index (χ1n) is 8.28. The molecule has 1 saturated carbocycles. The molecule has 3 aromatic rings. The summed E-state index contributed by atoms with van der Waals surface area (Å²) in [5.74, 6) is -1.02. The minimum Gasteiger partial charge on any atom is -0.321 e. The Morgan fingerprint density at radius 2 is 2.00 bits per heavy atom. The van der Waals surface area contributed by atoms with Gasteiger partial charge in [-0.15, -0.1) is 0 Å². The van der Waals surface area contributed by atoms with Crippen molar-refractivity contribution in [3.05, 3.63) is 58.7 Å². The minimum absolute atomic E-state index is 0.0309. The zero-order valence-electron chi connectivity index (χ0n) is 14.1. The molecule has 28 heavy (non-hydrogen) atoms. The molecule has 0 aliphatic heterocycles. The van der Waals surface area contributed by atoms with Gasteiger partial charge in [0, 0.05) is 29.8 Å². The van der Waals surface area contributed by atoms with Gasteiger partial charge in [-0.25, -0.2) is 4.39 Å². The van der Waals surface area contributed by atoms with Gasteiger partial charge in [0.15, 0.2) is 0 Å². The molecule has 0 aromatic carbocycles. The number of carbonyl (C=O) groups excluding carboxylic acids is 1. The number of hydrogen-bond acceptors (Lipinski definition) is 5. The topological polar surface area (TPSA) is 67.8 Å². The van der Waals surface area contributed by atoms with Crippen molar-refractivity contribution >= 4 is 23.1 Å². The van der Waals surface area contributed by atoms with Crippen LogP contribution >= 0.6 is 11.5 Å². The number of carbonyl (C=O) groups is 1. The van der Waals surface area contributed by atoms with Crippen LogP contribution < -0.4 is 5.32 Å². The Balaban J connectivity index is 1.67. The second-order valence-corrected chi connectivity index (χ2v) is 7.06. The number of alkyl halides is 3. The van der Waals surface area contributed by atoms with E-state index >= 15 is 0 Å². The summed E-state index contributed by atoms with van der Waals surface area (Å²) in [4.78, 5) is 20.1. The summed E-state index contributed by atoms with van der Waals surface area (Å²) in [6.45, 7) is 0. The second-order valence-electron chi connectivity index (χ2n) is 6.29. The molecule has 0 unspecified atom stereocenters. The summed E-state index contributed by atoms with van der Waals surface area (Å²) in [6.07, 6.45) is 0.689. The van der Waals surface area contributed by atoms with Crippen molar-refractivity contribution in [1.82, 2.24) is 14.3 Å². The van der Waals surface area contributed by atoms with Gasteiger partial charge < -0.3 is 5.32 Å². The van der Waals surface area contributed by atoms with Gasteiger partial charge in [-0.05, 0) is 48.5 Å². The van der Waals surface area contributed by atoms with Crippen molar-refractivity contribution < 1.29 is 22.4 Å². The highest BCUT2D eigenvalue weighted by molar-refractivity contribution is 7.08. The van der Waals surface area contributed by atoms with Crippen LogP contribution in [-0.4, -0.2) is 20.2 Å². The second kappa shape index (κ2) is 6.93. The lowest BCUT2D eigenvalue weighted by atomic mass is 10.0. The monoisotopic (exact) mass is 408 g/mol. The molecule has 0 atom stereocenters. The number of nitrogens with one attached hydrogen (secondary N) is 1. The summed E-state index contributed by atoms with van der Waals surface area (Å²) in [6, 6.07) is 3.24. The molecule has 4 rings (SSSR count). The first-order chi connectivity index (χ1) is 13.3. The van der Waals surface area contributed by atoms with Crippen LogP contribution in [0.1, 0.15) is 39.7 Å². The molecule has 3 heterocycles. The number of aromatic nitrogens is 3. The molecule has 0 spiro atoms. The fourth-order valence-electron chi connectivity index (χ4n) is 2.81. The standard InChI is InChI=1S/C18H12F4N4OS/c19-12-4-5-23-8-11(12)15-14(9-1-2-9)16(28-26-15)17(27)25-10-3-6-24-13(7-10)18(20,21)22/h3-9H,1-2H2,(H,24,25,27). The van der Waals surface area contributed by atoms with Crippen LogP contribution in [0.5, 0.6) is 0 Å². The average Bonchev–Trinajstić information content (AvgIpc) is 3.40. The zero-order chi connectivity index (χ0) is 19.9. The van der Waals surface area contributed by atoms with E-state index in [1.165, 1.54) is 24.5 Å². The quantitative estimate of drug-likeness (QED) is 0.625. The third-order valence-electron chi connectivity index (χ3n) is 4.25. The zero-order valence-corrected chi connectivity index (χ0v) is 14.9. The fraction of sp³-hybridized carbons (Fsp3) is 0.222. The van der Waals surface area contributed by atoms with E-state index in [2.05, 4.69) is 19.7 Å². The maximum absolute atomic E-state index is 14.2. The molecular weight excluding hydrogens is 396 g/mol. The molecule has 0 radical (unpaired) electrons. The van der Waals surface area contributed by atoms with Gasteiger partial charge in [-0.3, -0.25) is 14.8 Å². The average molecular weight is 408 g/mol. The van der Waals surface area contributed by atoms with Crippen LogP contribution in [0.15, 0.2) is 36.8 Å². The minimum atomic E-state index is -4.62. The first-order valence-corrected chi connectivity index (χ1v) is 9.06. The maximum atomic E-state index is 14.2. The van der Waals surface area contributed by atoms with Gasteiger partial charge in [0.2, 0.25) is 0 Å². The Morgan fingerprint density at radius 1 is 1.21 bits per heavy atom. The van der Waals surface area contributed by atoms with Crippen molar-refractivity contribution in [3.8, 4) is 11.3 Å². The summed E-state index contributed by atoms with van der Waals surface area (Å²) >= 11 is 0.891. The van der Waals surface area contributed by atoms with Crippen molar-refractivity contribution in [3.63, 3.8) is 0 Å². The summed E-state index contributed by atoms with van der Waals surface area (Å²) in [5.41, 5.74) is 0.0307. The van der Waals surface area contributed by atoms with E-state index in [0.717, 1.165) is 36.6 Å². The van der Waals surface area contributed by atoms with Crippen molar-refractivity contribution in [1.29, 1.82) is 0 Å². The Labute approximate surface area is 160 Å². The highest BCUT2D eigenvalue weighted by Gasteiger charge is 2.35. The summed E-state index contributed by atoms with van der Waals surface area (Å²) < 4.78 is 56.8. The van der Waals surface area contributed by atoms with E-state index in [-0.39, 0.29) is 22.0 Å². The Hall–Kier alpha value is -2.88. The molecule has 1 N–H and O–H groups in total. The summed E-state index contributed by atoms with van der Waals surface area (Å²) in [5, 5.41) is 2.46. The Morgan fingerprint density at radius 3 is 2.68 bits per heavy atom. The van der Waals surface area contributed by atoms with Crippen LogP contribution in [0.3, 0.4) is 0 Å². The van der Waals surface area contributed by atoms with E-state index in [1.54, 1.807) is 0 Å². The van der Waals surface area contributed by atoms with E-state index in [4.69, 9.17) is 0 Å². The molecule has 1 amide bonds. The number of halogens is 4. The van der Waals surface area contributed by atoms with Crippen LogP contribution in [0.4, 0.5) is 23.2 Å². The van der Waals surface area contributed by atoms with Gasteiger partial charge in [-0.2, -0.15) is 17.5 Å². The number of pyridine rings is 2. The number of nitrogens with zero attached hydrogens (tertiary/aromatic N) is 3. The molecule has 5 nitrogen and oxygen atoms in total. The highest BCUT2D eigenvalue weighted by Crippen LogP contribution is 2.47. The van der Waals surface area contributed by atoms with Gasteiger partial charge >= 0.3 is 6.18 Å². The molecule has 1 aliphatic carbocycles. The predicted octanol–water partition coefficient (Wildman–Crippen LogP) is 4.89. The third kappa shape index (κ3) is 3.59. The molecule has 1 aliphatic rings. The lowest BCUT2D eigenvalue weighted by Gasteiger charge is -2.09. The van der Waals surface area contributed by atoms with Crippen molar-refractivity contribution in [2.45, 2.75) is 24.9 Å². The maximum Gasteiger partial charge on any atom is 0.433 e. The van der Waals surface area contributed by atoms with Gasteiger partial charge in [-0.1, -0.05) is 0 Å². The van der Waals surface area contributed by atoms with E-state index in [0.29, 0.717) is 11.3 Å². The van der Waals surface area contributed by atoms with Crippen LogP contribution in [-0.2, 0) is 6.18 Å². The number of amides is 1.